The summed E-state index contributed by atoms with van der Waals surface area (Å²) in [6.07, 6.45) is 3.24. The number of aliphatic hydroxyl groups is 2. The van der Waals surface area contributed by atoms with E-state index in [2.05, 4.69) is 4.90 Å². The second-order valence-corrected chi connectivity index (χ2v) is 5.90. The van der Waals surface area contributed by atoms with Crippen LogP contribution in [-0.2, 0) is 5.60 Å². The van der Waals surface area contributed by atoms with Gasteiger partial charge in [-0.05, 0) is 44.2 Å². The summed E-state index contributed by atoms with van der Waals surface area (Å²) in [5, 5.41) is 19.7. The first-order chi connectivity index (χ1) is 9.12. The zero-order valence-electron chi connectivity index (χ0n) is 11.8. The fraction of sp³-hybridized carbons (Fsp3) is 0.625. The van der Waals surface area contributed by atoms with E-state index in [1.165, 1.54) is 6.42 Å². The molecule has 0 spiro atoms. The molecule has 0 radical (unpaired) electrons. The van der Waals surface area contributed by atoms with Crippen LogP contribution in [0.3, 0.4) is 0 Å². The van der Waals surface area contributed by atoms with Crippen molar-refractivity contribution in [3.8, 4) is 0 Å². The van der Waals surface area contributed by atoms with Gasteiger partial charge in [-0.1, -0.05) is 30.3 Å². The summed E-state index contributed by atoms with van der Waals surface area (Å²) in [4.78, 5) is 2.33. The molecule has 0 bridgehead atoms. The Morgan fingerprint density at radius 2 is 2.05 bits per heavy atom. The van der Waals surface area contributed by atoms with E-state index in [0.717, 1.165) is 31.5 Å². The first-order valence-corrected chi connectivity index (χ1v) is 7.23. The van der Waals surface area contributed by atoms with E-state index >= 15 is 0 Å². The second-order valence-electron chi connectivity index (χ2n) is 5.90. The van der Waals surface area contributed by atoms with Crippen LogP contribution in [-0.4, -0.2) is 41.4 Å². The molecule has 1 aliphatic heterocycles. The maximum absolute atomic E-state index is 10.7. The Labute approximate surface area is 115 Å². The molecule has 0 saturated carbocycles. The molecule has 1 heterocycles. The molecule has 1 aromatic rings. The van der Waals surface area contributed by atoms with E-state index in [1.54, 1.807) is 0 Å². The summed E-state index contributed by atoms with van der Waals surface area (Å²) in [6, 6.07) is 9.87. The van der Waals surface area contributed by atoms with Crippen molar-refractivity contribution in [2.24, 2.45) is 5.92 Å². The van der Waals surface area contributed by atoms with Crippen molar-refractivity contribution in [3.05, 3.63) is 35.9 Å². The molecule has 0 aromatic heterocycles. The van der Waals surface area contributed by atoms with E-state index in [4.69, 9.17) is 5.11 Å². The van der Waals surface area contributed by atoms with Crippen LogP contribution in [0.1, 0.15) is 31.7 Å². The Hall–Kier alpha value is -0.900. The predicted molar refractivity (Wildman–Crippen MR) is 76.9 cm³/mol. The summed E-state index contributed by atoms with van der Waals surface area (Å²) in [6.45, 7) is 4.86. The van der Waals surface area contributed by atoms with Gasteiger partial charge in [-0.25, -0.2) is 0 Å². The van der Waals surface area contributed by atoms with Crippen LogP contribution in [0.4, 0.5) is 0 Å². The monoisotopic (exact) mass is 263 g/mol. The van der Waals surface area contributed by atoms with Gasteiger partial charge < -0.3 is 10.2 Å². The van der Waals surface area contributed by atoms with Crippen molar-refractivity contribution in [2.75, 3.05) is 26.2 Å². The molecule has 3 heteroatoms. The fourth-order valence-electron chi connectivity index (χ4n) is 3.04. The van der Waals surface area contributed by atoms with E-state index < -0.39 is 5.60 Å². The van der Waals surface area contributed by atoms with Crippen molar-refractivity contribution in [1.82, 2.24) is 4.90 Å². The minimum atomic E-state index is -0.803. The van der Waals surface area contributed by atoms with Gasteiger partial charge in [-0.2, -0.15) is 0 Å². The largest absolute Gasteiger partial charge is 0.396 e. The van der Waals surface area contributed by atoms with Crippen molar-refractivity contribution < 1.29 is 10.2 Å². The van der Waals surface area contributed by atoms with E-state index in [-0.39, 0.29) is 6.61 Å². The van der Waals surface area contributed by atoms with Gasteiger partial charge in [0.1, 0.15) is 0 Å². The SMILES string of the molecule is CC(O)(CN1CCCC(CCO)C1)c1ccccc1. The fourth-order valence-corrected chi connectivity index (χ4v) is 3.04. The topological polar surface area (TPSA) is 43.7 Å². The Balaban J connectivity index is 1.96. The zero-order valence-corrected chi connectivity index (χ0v) is 11.8. The minimum absolute atomic E-state index is 0.271. The number of likely N-dealkylation sites (tertiary alicyclic amines) is 1. The van der Waals surface area contributed by atoms with Crippen LogP contribution in [0.5, 0.6) is 0 Å². The Morgan fingerprint density at radius 1 is 1.32 bits per heavy atom. The Kier molecular flexibility index (Phi) is 4.97. The average Bonchev–Trinajstić information content (AvgIpc) is 2.40. The van der Waals surface area contributed by atoms with Crippen LogP contribution >= 0.6 is 0 Å². The smallest absolute Gasteiger partial charge is 0.0994 e. The molecular weight excluding hydrogens is 238 g/mol. The van der Waals surface area contributed by atoms with Crippen LogP contribution < -0.4 is 0 Å². The first kappa shape index (κ1) is 14.5. The Bertz CT molecular complexity index is 376. The summed E-state index contributed by atoms with van der Waals surface area (Å²) in [5.41, 5.74) is 0.168. The molecule has 3 nitrogen and oxygen atoms in total. The highest BCUT2D eigenvalue weighted by Crippen LogP contribution is 2.25. The van der Waals surface area contributed by atoms with E-state index in [1.807, 2.05) is 37.3 Å². The molecule has 1 aromatic carbocycles. The van der Waals surface area contributed by atoms with Gasteiger partial charge in [0.2, 0.25) is 0 Å². The average molecular weight is 263 g/mol. The quantitative estimate of drug-likeness (QED) is 0.854. The van der Waals surface area contributed by atoms with Crippen molar-refractivity contribution >= 4 is 0 Å². The number of hydrogen-bond acceptors (Lipinski definition) is 3. The summed E-state index contributed by atoms with van der Waals surface area (Å²) < 4.78 is 0. The summed E-state index contributed by atoms with van der Waals surface area (Å²) in [5.74, 6) is 0.574. The lowest BCUT2D eigenvalue weighted by Gasteiger charge is -2.37. The van der Waals surface area contributed by atoms with Crippen molar-refractivity contribution in [3.63, 3.8) is 0 Å². The van der Waals surface area contributed by atoms with Gasteiger partial charge in [0.15, 0.2) is 0 Å². The lowest BCUT2D eigenvalue weighted by molar-refractivity contribution is 0.00151. The highest BCUT2D eigenvalue weighted by atomic mass is 16.3. The number of nitrogens with zero attached hydrogens (tertiary/aromatic N) is 1. The molecule has 2 atom stereocenters. The lowest BCUT2D eigenvalue weighted by Crippen LogP contribution is -2.44. The third kappa shape index (κ3) is 4.03. The molecule has 2 unspecified atom stereocenters. The minimum Gasteiger partial charge on any atom is -0.396 e. The highest BCUT2D eigenvalue weighted by Gasteiger charge is 2.28. The Morgan fingerprint density at radius 3 is 2.74 bits per heavy atom. The van der Waals surface area contributed by atoms with Crippen LogP contribution in [0, 0.1) is 5.92 Å². The van der Waals surface area contributed by atoms with E-state index in [0.29, 0.717) is 12.5 Å². The predicted octanol–water partition coefficient (Wildman–Crippen LogP) is 1.99. The number of aliphatic hydroxyl groups excluding tert-OH is 1. The standard InChI is InChI=1S/C16H25NO2/c1-16(19,15-7-3-2-4-8-15)13-17-10-5-6-14(12-17)9-11-18/h2-4,7-8,14,18-19H,5-6,9-13H2,1H3. The van der Waals surface area contributed by atoms with Crippen molar-refractivity contribution in [1.29, 1.82) is 0 Å². The molecule has 106 valence electrons. The summed E-state index contributed by atoms with van der Waals surface area (Å²) >= 11 is 0. The molecule has 19 heavy (non-hydrogen) atoms. The van der Waals surface area contributed by atoms with Crippen LogP contribution in [0.15, 0.2) is 30.3 Å². The third-order valence-electron chi connectivity index (χ3n) is 4.07. The molecule has 0 amide bonds. The van der Waals surface area contributed by atoms with Gasteiger partial charge in [-0.3, -0.25) is 4.90 Å². The number of rotatable bonds is 5. The molecule has 2 N–H and O–H groups in total. The molecule has 1 aliphatic rings. The first-order valence-electron chi connectivity index (χ1n) is 7.23. The van der Waals surface area contributed by atoms with Gasteiger partial charge in [-0.15, -0.1) is 0 Å². The van der Waals surface area contributed by atoms with Gasteiger partial charge >= 0.3 is 0 Å². The van der Waals surface area contributed by atoms with E-state index in [9.17, 15) is 5.11 Å². The van der Waals surface area contributed by atoms with Crippen LogP contribution in [0.2, 0.25) is 0 Å². The number of piperidine rings is 1. The van der Waals surface area contributed by atoms with Gasteiger partial charge in [0.25, 0.3) is 0 Å². The van der Waals surface area contributed by atoms with Crippen molar-refractivity contribution in [2.45, 2.75) is 31.8 Å². The molecule has 1 fully saturated rings. The number of β-amino-alcohol motifs (C(OH)–C–C–N with tert-alkyl or cyclic N) is 1. The number of benzene rings is 1. The number of hydrogen-bond donors (Lipinski definition) is 2. The van der Waals surface area contributed by atoms with Crippen LogP contribution in [0.25, 0.3) is 0 Å². The highest BCUT2D eigenvalue weighted by molar-refractivity contribution is 5.21. The molecule has 0 aliphatic carbocycles. The van der Waals surface area contributed by atoms with Gasteiger partial charge in [0, 0.05) is 19.7 Å². The molecule has 1 saturated heterocycles. The summed E-state index contributed by atoms with van der Waals surface area (Å²) in [7, 11) is 0. The third-order valence-corrected chi connectivity index (χ3v) is 4.07. The lowest BCUT2D eigenvalue weighted by atomic mass is 9.91. The van der Waals surface area contributed by atoms with Gasteiger partial charge in [0.05, 0.1) is 5.60 Å². The zero-order chi connectivity index (χ0) is 13.7. The molecular formula is C16H25NO2. The molecule has 2 rings (SSSR count). The normalized spacial score (nSPS) is 24.1. The maximum Gasteiger partial charge on any atom is 0.0994 e. The maximum atomic E-state index is 10.7. The second kappa shape index (κ2) is 6.51.